The first-order valence-corrected chi connectivity index (χ1v) is 7.16. The quantitative estimate of drug-likeness (QED) is 0.751. The molecule has 1 N–H and O–H groups in total. The van der Waals surface area contributed by atoms with Gasteiger partial charge < -0.3 is 9.84 Å². The van der Waals surface area contributed by atoms with E-state index in [2.05, 4.69) is 20.2 Å². The fraction of sp³-hybridized carbons (Fsp3) is 0.417. The molecule has 9 heteroatoms. The van der Waals surface area contributed by atoms with E-state index >= 15 is 0 Å². The Labute approximate surface area is 125 Å². The van der Waals surface area contributed by atoms with Crippen LogP contribution in [0.5, 0.6) is 0 Å². The number of rotatable bonds is 7. The summed E-state index contributed by atoms with van der Waals surface area (Å²) >= 11 is 1.11. The molecule has 0 radical (unpaired) electrons. The van der Waals surface area contributed by atoms with Crippen LogP contribution >= 0.6 is 11.8 Å². The highest BCUT2D eigenvalue weighted by atomic mass is 32.2. The summed E-state index contributed by atoms with van der Waals surface area (Å²) < 4.78 is 6.86. The molecule has 0 aliphatic carbocycles. The van der Waals surface area contributed by atoms with Crippen LogP contribution in [0.15, 0.2) is 17.6 Å². The zero-order chi connectivity index (χ0) is 15.2. The number of methoxy groups -OCH3 is 1. The fourth-order valence-corrected chi connectivity index (χ4v) is 2.29. The van der Waals surface area contributed by atoms with Crippen molar-refractivity contribution in [3.8, 4) is 11.5 Å². The van der Waals surface area contributed by atoms with E-state index in [4.69, 9.17) is 9.84 Å². The predicted molar refractivity (Wildman–Crippen MR) is 76.0 cm³/mol. The molecule has 2 aromatic heterocycles. The van der Waals surface area contributed by atoms with Crippen molar-refractivity contribution in [1.29, 1.82) is 0 Å². The SMILES string of the molecule is COCCn1c(SCC(=O)O)nnc1-c1cnc(C)cn1. The molecule has 0 aromatic carbocycles. The monoisotopic (exact) mass is 309 g/mol. The molecule has 0 unspecified atom stereocenters. The normalized spacial score (nSPS) is 10.8. The van der Waals surface area contributed by atoms with Gasteiger partial charge in [-0.2, -0.15) is 0 Å². The number of ether oxygens (including phenoxy) is 1. The summed E-state index contributed by atoms with van der Waals surface area (Å²) in [5, 5.41) is 17.4. The van der Waals surface area contributed by atoms with Crippen LogP contribution in [-0.4, -0.2) is 55.3 Å². The van der Waals surface area contributed by atoms with Gasteiger partial charge in [0.05, 0.1) is 30.8 Å². The average Bonchev–Trinajstić information content (AvgIpc) is 2.86. The lowest BCUT2D eigenvalue weighted by molar-refractivity contribution is -0.133. The van der Waals surface area contributed by atoms with Crippen molar-refractivity contribution < 1.29 is 14.6 Å². The van der Waals surface area contributed by atoms with E-state index in [1.807, 2.05) is 6.92 Å². The number of aryl methyl sites for hydroxylation is 1. The highest BCUT2D eigenvalue weighted by Gasteiger charge is 2.16. The molecule has 2 rings (SSSR count). The molecule has 0 atom stereocenters. The Morgan fingerprint density at radius 2 is 2.19 bits per heavy atom. The van der Waals surface area contributed by atoms with Gasteiger partial charge in [0.1, 0.15) is 5.69 Å². The van der Waals surface area contributed by atoms with Crippen molar-refractivity contribution >= 4 is 17.7 Å². The molecular formula is C12H15N5O3S. The Bertz CT molecular complexity index is 614. The van der Waals surface area contributed by atoms with Gasteiger partial charge in [0.25, 0.3) is 0 Å². The van der Waals surface area contributed by atoms with E-state index in [0.717, 1.165) is 17.5 Å². The maximum absolute atomic E-state index is 10.7. The molecule has 0 aliphatic rings. The molecule has 8 nitrogen and oxygen atoms in total. The van der Waals surface area contributed by atoms with Crippen LogP contribution < -0.4 is 0 Å². The minimum absolute atomic E-state index is 0.0787. The van der Waals surface area contributed by atoms with Crippen LogP contribution in [-0.2, 0) is 16.1 Å². The van der Waals surface area contributed by atoms with E-state index in [1.165, 1.54) is 0 Å². The van der Waals surface area contributed by atoms with Gasteiger partial charge in [-0.15, -0.1) is 10.2 Å². The number of carboxylic acids is 1. The van der Waals surface area contributed by atoms with Crippen molar-refractivity contribution in [2.24, 2.45) is 0 Å². The fourth-order valence-electron chi connectivity index (χ4n) is 1.60. The number of hydrogen-bond donors (Lipinski definition) is 1. The number of aromatic nitrogens is 5. The van der Waals surface area contributed by atoms with E-state index in [9.17, 15) is 4.79 Å². The second-order valence-electron chi connectivity index (χ2n) is 4.18. The highest BCUT2D eigenvalue weighted by molar-refractivity contribution is 7.99. The summed E-state index contributed by atoms with van der Waals surface area (Å²) in [6, 6.07) is 0. The van der Waals surface area contributed by atoms with Gasteiger partial charge in [-0.25, -0.2) is 4.98 Å². The topological polar surface area (TPSA) is 103 Å². The molecular weight excluding hydrogens is 294 g/mol. The van der Waals surface area contributed by atoms with Gasteiger partial charge >= 0.3 is 5.97 Å². The minimum Gasteiger partial charge on any atom is -0.481 e. The third-order valence-corrected chi connectivity index (χ3v) is 3.52. The van der Waals surface area contributed by atoms with Gasteiger partial charge in [0.2, 0.25) is 0 Å². The van der Waals surface area contributed by atoms with Gasteiger partial charge in [-0.05, 0) is 6.92 Å². The number of nitrogens with zero attached hydrogens (tertiary/aromatic N) is 5. The van der Waals surface area contributed by atoms with Crippen LogP contribution in [0.1, 0.15) is 5.69 Å². The molecule has 2 heterocycles. The summed E-state index contributed by atoms with van der Waals surface area (Å²) in [4.78, 5) is 19.1. The first-order chi connectivity index (χ1) is 10.1. The Hall–Kier alpha value is -2.00. The number of hydrogen-bond acceptors (Lipinski definition) is 7. The number of carbonyl (C=O) groups is 1. The summed E-state index contributed by atoms with van der Waals surface area (Å²) in [7, 11) is 1.60. The van der Waals surface area contributed by atoms with Gasteiger partial charge in [0, 0.05) is 13.3 Å². The minimum atomic E-state index is -0.905. The molecule has 0 fully saturated rings. The Balaban J connectivity index is 2.31. The van der Waals surface area contributed by atoms with E-state index < -0.39 is 5.97 Å². The van der Waals surface area contributed by atoms with Crippen LogP contribution in [0.3, 0.4) is 0 Å². The Kier molecular flexibility index (Phi) is 5.23. The second-order valence-corrected chi connectivity index (χ2v) is 5.12. The summed E-state index contributed by atoms with van der Waals surface area (Å²) in [5.41, 5.74) is 1.40. The first-order valence-electron chi connectivity index (χ1n) is 6.17. The molecule has 0 aliphatic heterocycles. The van der Waals surface area contributed by atoms with Crippen molar-refractivity contribution in [2.45, 2.75) is 18.6 Å². The predicted octanol–water partition coefficient (Wildman–Crippen LogP) is 0.867. The average molecular weight is 309 g/mol. The van der Waals surface area contributed by atoms with Crippen LogP contribution in [0, 0.1) is 6.92 Å². The Morgan fingerprint density at radius 1 is 1.38 bits per heavy atom. The molecule has 0 saturated heterocycles. The molecule has 21 heavy (non-hydrogen) atoms. The molecule has 0 bridgehead atoms. The number of thioether (sulfide) groups is 1. The first kappa shape index (κ1) is 15.4. The van der Waals surface area contributed by atoms with Crippen molar-refractivity contribution in [3.05, 3.63) is 18.1 Å². The second kappa shape index (κ2) is 7.14. The lowest BCUT2D eigenvalue weighted by Gasteiger charge is -2.08. The van der Waals surface area contributed by atoms with Gasteiger partial charge in [0.15, 0.2) is 11.0 Å². The van der Waals surface area contributed by atoms with E-state index in [0.29, 0.717) is 29.8 Å². The zero-order valence-electron chi connectivity index (χ0n) is 11.7. The Morgan fingerprint density at radius 3 is 2.81 bits per heavy atom. The maximum Gasteiger partial charge on any atom is 0.313 e. The van der Waals surface area contributed by atoms with Gasteiger partial charge in [-0.1, -0.05) is 11.8 Å². The molecule has 0 amide bonds. The summed E-state index contributed by atoms with van der Waals surface area (Å²) in [6.45, 7) is 2.82. The number of carboxylic acid groups (broad SMARTS) is 1. The van der Waals surface area contributed by atoms with Crippen LogP contribution in [0.2, 0.25) is 0 Å². The third kappa shape index (κ3) is 3.99. The van der Waals surface area contributed by atoms with Crippen molar-refractivity contribution in [2.75, 3.05) is 19.5 Å². The molecule has 112 valence electrons. The van der Waals surface area contributed by atoms with Crippen LogP contribution in [0.4, 0.5) is 0 Å². The lowest BCUT2D eigenvalue weighted by atomic mass is 10.4. The van der Waals surface area contributed by atoms with Crippen molar-refractivity contribution in [1.82, 2.24) is 24.7 Å². The molecule has 0 spiro atoms. The smallest absolute Gasteiger partial charge is 0.313 e. The highest BCUT2D eigenvalue weighted by Crippen LogP contribution is 2.22. The van der Waals surface area contributed by atoms with Gasteiger partial charge in [-0.3, -0.25) is 14.3 Å². The number of aliphatic carboxylic acids is 1. The summed E-state index contributed by atoms with van der Waals surface area (Å²) in [6.07, 6.45) is 3.27. The standard InChI is InChI=1S/C12H15N5O3S/c1-8-5-14-9(6-13-8)11-15-16-12(21-7-10(18)19)17(11)3-4-20-2/h5-6H,3-4,7H2,1-2H3,(H,18,19). The molecule has 0 saturated carbocycles. The zero-order valence-corrected chi connectivity index (χ0v) is 12.5. The third-order valence-electron chi connectivity index (χ3n) is 2.57. The van der Waals surface area contributed by atoms with Crippen LogP contribution in [0.25, 0.3) is 11.5 Å². The van der Waals surface area contributed by atoms with E-state index in [1.54, 1.807) is 24.1 Å². The maximum atomic E-state index is 10.7. The van der Waals surface area contributed by atoms with E-state index in [-0.39, 0.29) is 5.75 Å². The van der Waals surface area contributed by atoms with Crippen molar-refractivity contribution in [3.63, 3.8) is 0 Å². The molecule has 2 aromatic rings. The largest absolute Gasteiger partial charge is 0.481 e. The lowest BCUT2D eigenvalue weighted by Crippen LogP contribution is -2.09. The summed E-state index contributed by atoms with van der Waals surface area (Å²) in [5.74, 6) is -0.435.